The Bertz CT molecular complexity index is 738. The van der Waals surface area contributed by atoms with Crippen LogP contribution in [0.1, 0.15) is 41.6 Å². The van der Waals surface area contributed by atoms with Crippen LogP contribution in [0.25, 0.3) is 0 Å². The van der Waals surface area contributed by atoms with Gasteiger partial charge in [-0.2, -0.15) is 0 Å². The van der Waals surface area contributed by atoms with E-state index in [0.717, 1.165) is 54.5 Å². The maximum absolute atomic E-state index is 12.2. The normalized spacial score (nSPS) is 17.2. The standard InChI is InChI=1S/C21H23BrClNO2/c22-18-7-5-17(6-8-18)21(26)11-14-24(15-12-21)13-1-2-20(25)16-3-9-19(23)10-4-16/h3-10,26H,1-2,11-15H2. The molecule has 0 radical (unpaired) electrons. The summed E-state index contributed by atoms with van der Waals surface area (Å²) in [4.78, 5) is 14.5. The number of rotatable bonds is 6. The molecule has 1 N–H and O–H groups in total. The lowest BCUT2D eigenvalue weighted by Gasteiger charge is -2.38. The third-order valence-corrected chi connectivity index (χ3v) is 5.89. The van der Waals surface area contributed by atoms with E-state index in [-0.39, 0.29) is 5.78 Å². The number of aliphatic hydroxyl groups is 1. The Labute approximate surface area is 168 Å². The number of halogens is 2. The minimum atomic E-state index is -0.740. The molecule has 1 aliphatic rings. The molecule has 3 nitrogen and oxygen atoms in total. The van der Waals surface area contributed by atoms with Crippen LogP contribution >= 0.6 is 27.5 Å². The number of benzene rings is 2. The molecule has 2 aromatic carbocycles. The first kappa shape index (κ1) is 19.6. The van der Waals surface area contributed by atoms with E-state index < -0.39 is 5.60 Å². The van der Waals surface area contributed by atoms with E-state index in [0.29, 0.717) is 11.4 Å². The van der Waals surface area contributed by atoms with Crippen LogP contribution in [0.4, 0.5) is 0 Å². The first-order chi connectivity index (χ1) is 12.5. The van der Waals surface area contributed by atoms with E-state index in [1.165, 1.54) is 0 Å². The first-order valence-electron chi connectivity index (χ1n) is 8.96. The van der Waals surface area contributed by atoms with Gasteiger partial charge in [-0.05, 0) is 67.8 Å². The van der Waals surface area contributed by atoms with Crippen molar-refractivity contribution in [2.24, 2.45) is 0 Å². The molecule has 1 heterocycles. The summed E-state index contributed by atoms with van der Waals surface area (Å²) in [6, 6.07) is 15.0. The van der Waals surface area contributed by atoms with E-state index in [1.807, 2.05) is 24.3 Å². The Morgan fingerprint density at radius 2 is 1.69 bits per heavy atom. The van der Waals surface area contributed by atoms with Crippen LogP contribution in [0, 0.1) is 0 Å². The predicted octanol–water partition coefficient (Wildman–Crippen LogP) is 5.05. The molecule has 138 valence electrons. The van der Waals surface area contributed by atoms with Gasteiger partial charge in [0.2, 0.25) is 0 Å². The van der Waals surface area contributed by atoms with Crippen molar-refractivity contribution >= 4 is 33.3 Å². The third-order valence-electron chi connectivity index (χ3n) is 5.11. The molecular weight excluding hydrogens is 414 g/mol. The van der Waals surface area contributed by atoms with Crippen molar-refractivity contribution in [1.82, 2.24) is 4.90 Å². The molecule has 0 unspecified atom stereocenters. The summed E-state index contributed by atoms with van der Waals surface area (Å²) < 4.78 is 1.02. The van der Waals surface area contributed by atoms with E-state index in [4.69, 9.17) is 11.6 Å². The number of ketones is 1. The summed E-state index contributed by atoms with van der Waals surface area (Å²) in [5.41, 5.74) is 0.965. The maximum Gasteiger partial charge on any atom is 0.162 e. The second-order valence-electron chi connectivity index (χ2n) is 6.91. The van der Waals surface area contributed by atoms with Gasteiger partial charge in [-0.15, -0.1) is 0 Å². The summed E-state index contributed by atoms with van der Waals surface area (Å²) in [7, 11) is 0. The molecule has 0 aliphatic carbocycles. The zero-order valence-corrected chi connectivity index (χ0v) is 17.0. The largest absolute Gasteiger partial charge is 0.385 e. The third kappa shape index (κ3) is 4.95. The zero-order valence-electron chi connectivity index (χ0n) is 14.6. The lowest BCUT2D eigenvalue weighted by Crippen LogP contribution is -2.42. The van der Waals surface area contributed by atoms with Crippen molar-refractivity contribution in [2.75, 3.05) is 19.6 Å². The van der Waals surface area contributed by atoms with Crippen molar-refractivity contribution in [3.63, 3.8) is 0 Å². The molecule has 0 saturated carbocycles. The molecule has 1 fully saturated rings. The van der Waals surface area contributed by atoms with Gasteiger partial charge in [-0.3, -0.25) is 4.79 Å². The van der Waals surface area contributed by atoms with Crippen LogP contribution in [0.5, 0.6) is 0 Å². The van der Waals surface area contributed by atoms with Crippen molar-refractivity contribution < 1.29 is 9.90 Å². The van der Waals surface area contributed by atoms with Gasteiger partial charge in [0.15, 0.2) is 5.78 Å². The van der Waals surface area contributed by atoms with Crippen LogP contribution in [-0.4, -0.2) is 35.4 Å². The fourth-order valence-corrected chi connectivity index (χ4v) is 3.83. The summed E-state index contributed by atoms with van der Waals surface area (Å²) in [5, 5.41) is 11.6. The number of hydrogen-bond donors (Lipinski definition) is 1. The van der Waals surface area contributed by atoms with Gasteiger partial charge >= 0.3 is 0 Å². The lowest BCUT2D eigenvalue weighted by atomic mass is 9.84. The molecule has 2 aromatic rings. The summed E-state index contributed by atoms with van der Waals surface area (Å²) in [6.45, 7) is 2.58. The molecule has 3 rings (SSSR count). The highest BCUT2D eigenvalue weighted by Gasteiger charge is 2.33. The zero-order chi connectivity index (χ0) is 18.6. The molecule has 0 bridgehead atoms. The number of carbonyl (C=O) groups is 1. The van der Waals surface area contributed by atoms with Gasteiger partial charge in [0.05, 0.1) is 5.60 Å². The monoisotopic (exact) mass is 435 g/mol. The minimum Gasteiger partial charge on any atom is -0.385 e. The van der Waals surface area contributed by atoms with Gasteiger partial charge < -0.3 is 10.0 Å². The number of piperidine rings is 1. The van der Waals surface area contributed by atoms with Gasteiger partial charge in [0.25, 0.3) is 0 Å². The molecule has 0 aromatic heterocycles. The van der Waals surface area contributed by atoms with Gasteiger partial charge in [-0.25, -0.2) is 0 Å². The first-order valence-corrected chi connectivity index (χ1v) is 10.1. The second kappa shape index (κ2) is 8.66. The van der Waals surface area contributed by atoms with Crippen molar-refractivity contribution in [3.05, 3.63) is 69.2 Å². The van der Waals surface area contributed by atoms with E-state index >= 15 is 0 Å². The molecule has 0 atom stereocenters. The molecule has 0 spiro atoms. The van der Waals surface area contributed by atoms with Gasteiger partial charge in [0.1, 0.15) is 0 Å². The molecule has 0 amide bonds. The average molecular weight is 437 g/mol. The number of likely N-dealkylation sites (tertiary alicyclic amines) is 1. The number of Topliss-reactive ketones (excluding diaryl/α,β-unsaturated/α-hetero) is 1. The molecule has 1 saturated heterocycles. The van der Waals surface area contributed by atoms with E-state index in [1.54, 1.807) is 24.3 Å². The lowest BCUT2D eigenvalue weighted by molar-refractivity contribution is -0.0260. The molecule has 5 heteroatoms. The van der Waals surface area contributed by atoms with Crippen molar-refractivity contribution in [3.8, 4) is 0 Å². The Kier molecular flexibility index (Phi) is 6.51. The SMILES string of the molecule is O=C(CCCN1CCC(O)(c2ccc(Br)cc2)CC1)c1ccc(Cl)cc1. The van der Waals surface area contributed by atoms with E-state index in [9.17, 15) is 9.90 Å². The summed E-state index contributed by atoms with van der Waals surface area (Å²) in [5.74, 6) is 0.157. The Balaban J connectivity index is 1.44. The molecular formula is C21H23BrClNO2. The van der Waals surface area contributed by atoms with Gasteiger partial charge in [0, 0.05) is 34.6 Å². The highest BCUT2D eigenvalue weighted by atomic mass is 79.9. The van der Waals surface area contributed by atoms with Crippen LogP contribution in [0.15, 0.2) is 53.0 Å². The Hall–Kier alpha value is -1.20. The molecule has 1 aliphatic heterocycles. The number of carbonyl (C=O) groups excluding carboxylic acids is 1. The number of nitrogens with zero attached hydrogens (tertiary/aromatic N) is 1. The van der Waals surface area contributed by atoms with Crippen molar-refractivity contribution in [2.45, 2.75) is 31.3 Å². The van der Waals surface area contributed by atoms with Gasteiger partial charge in [-0.1, -0.05) is 39.7 Å². The van der Waals surface area contributed by atoms with Crippen LogP contribution in [0.3, 0.4) is 0 Å². The summed E-state index contributed by atoms with van der Waals surface area (Å²) >= 11 is 9.29. The Morgan fingerprint density at radius 3 is 2.31 bits per heavy atom. The van der Waals surface area contributed by atoms with Crippen LogP contribution in [-0.2, 0) is 5.60 Å². The Morgan fingerprint density at radius 1 is 1.08 bits per heavy atom. The fourth-order valence-electron chi connectivity index (χ4n) is 3.44. The molecule has 26 heavy (non-hydrogen) atoms. The number of hydrogen-bond acceptors (Lipinski definition) is 3. The van der Waals surface area contributed by atoms with Crippen LogP contribution in [0.2, 0.25) is 5.02 Å². The highest BCUT2D eigenvalue weighted by Crippen LogP contribution is 2.33. The van der Waals surface area contributed by atoms with E-state index in [2.05, 4.69) is 20.8 Å². The highest BCUT2D eigenvalue weighted by molar-refractivity contribution is 9.10. The van der Waals surface area contributed by atoms with Crippen LogP contribution < -0.4 is 0 Å². The fraction of sp³-hybridized carbons (Fsp3) is 0.381. The second-order valence-corrected chi connectivity index (χ2v) is 8.27. The maximum atomic E-state index is 12.2. The topological polar surface area (TPSA) is 40.5 Å². The smallest absolute Gasteiger partial charge is 0.162 e. The summed E-state index contributed by atoms with van der Waals surface area (Å²) in [6.07, 6.45) is 2.81. The minimum absolute atomic E-state index is 0.157. The quantitative estimate of drug-likeness (QED) is 0.644. The van der Waals surface area contributed by atoms with Crippen molar-refractivity contribution in [1.29, 1.82) is 0 Å². The predicted molar refractivity (Wildman–Crippen MR) is 109 cm³/mol. The average Bonchev–Trinajstić information content (AvgIpc) is 2.64.